The van der Waals surface area contributed by atoms with Gasteiger partial charge in [0.25, 0.3) is 0 Å². The zero-order valence-corrected chi connectivity index (χ0v) is 29.8. The zero-order chi connectivity index (χ0) is 33.0. The van der Waals surface area contributed by atoms with Crippen LogP contribution in [0.1, 0.15) is 12.8 Å². The van der Waals surface area contributed by atoms with Gasteiger partial charge in [-0.15, -0.1) is 12.1 Å². The van der Waals surface area contributed by atoms with Crippen LogP contribution in [0.15, 0.2) is 164 Å². The molecule has 0 N–H and O–H groups in total. The van der Waals surface area contributed by atoms with Gasteiger partial charge in [-0.3, -0.25) is 0 Å². The molecule has 8 heteroatoms. The van der Waals surface area contributed by atoms with Crippen LogP contribution in [-0.4, -0.2) is 34.8 Å². The number of rotatable bonds is 8. The van der Waals surface area contributed by atoms with Gasteiger partial charge in [0, 0.05) is 68.3 Å². The standard InChI is InChI=1S/C24H24N4.C17H13N2O.Ir/c1-21-25(17-19-27(21)23-11-5-3-6-12-23)15-9-10-16-26-18-20-28(22(26)2)24-13-7-4-8-14-24;1-12-18(2)10-11-19(12)15-8-5-7-14-13-6-3-4-9-16(13)20-17(14)15;/h3-8,11,13,17-20H,1-2,9-10,15-16H2;3-7,9-11H,1H2,2H3;/q-2;-1;+3. The second-order valence-corrected chi connectivity index (χ2v) is 11.6. The summed E-state index contributed by atoms with van der Waals surface area (Å²) in [5.41, 5.74) is 4.66. The third-order valence-corrected chi connectivity index (χ3v) is 8.65. The SMILES string of the molecule is C=C1N(C)C=CN1c1[c-]ccc2c1oc1ccccc12.C=C1N(CCCCN2C=CN(c3[c-]cccc3)C2=C)C=CN1c1[c-]cccc1.[Ir+3]. The quantitative estimate of drug-likeness (QED) is 0.114. The minimum absolute atomic E-state index is 0. The van der Waals surface area contributed by atoms with E-state index < -0.39 is 0 Å². The maximum atomic E-state index is 6.01. The van der Waals surface area contributed by atoms with E-state index in [1.165, 1.54) is 0 Å². The first-order chi connectivity index (χ1) is 23.5. The van der Waals surface area contributed by atoms with Crippen molar-refractivity contribution in [2.75, 3.05) is 34.8 Å². The maximum Gasteiger partial charge on any atom is 3.00 e. The molecule has 1 aromatic heterocycles. The number of furan rings is 1. The molecule has 3 aliphatic rings. The van der Waals surface area contributed by atoms with E-state index in [0.717, 1.165) is 82.4 Å². The summed E-state index contributed by atoms with van der Waals surface area (Å²) >= 11 is 0. The monoisotopic (exact) mass is 822 g/mol. The number of fused-ring (bicyclic) bond motifs is 3. The summed E-state index contributed by atoms with van der Waals surface area (Å²) in [5, 5.41) is 2.23. The second kappa shape index (κ2) is 14.8. The molecule has 3 aliphatic heterocycles. The number of benzene rings is 4. The van der Waals surface area contributed by atoms with E-state index in [4.69, 9.17) is 4.42 Å². The van der Waals surface area contributed by atoms with Crippen LogP contribution in [0.2, 0.25) is 0 Å². The summed E-state index contributed by atoms with van der Waals surface area (Å²) in [7, 11) is 1.97. The zero-order valence-electron chi connectivity index (χ0n) is 27.4. The molecule has 0 unspecified atom stereocenters. The summed E-state index contributed by atoms with van der Waals surface area (Å²) in [6, 6.07) is 37.7. The van der Waals surface area contributed by atoms with E-state index in [1.807, 2.05) is 121 Å². The van der Waals surface area contributed by atoms with Crippen molar-refractivity contribution in [2.24, 2.45) is 0 Å². The number of hydrogen-bond donors (Lipinski definition) is 0. The van der Waals surface area contributed by atoms with Crippen LogP contribution in [0.3, 0.4) is 0 Å². The molecule has 0 radical (unpaired) electrons. The van der Waals surface area contributed by atoms with E-state index in [1.54, 1.807) is 0 Å². The van der Waals surface area contributed by atoms with Gasteiger partial charge in [-0.1, -0.05) is 54.7 Å². The molecule has 5 aromatic rings. The Kier molecular flexibility index (Phi) is 10.1. The van der Waals surface area contributed by atoms with Crippen LogP contribution in [0.25, 0.3) is 21.9 Å². The fraction of sp³-hybridized carbons (Fsp3) is 0.122. The van der Waals surface area contributed by atoms with Crippen molar-refractivity contribution in [2.45, 2.75) is 12.8 Å². The molecule has 4 heterocycles. The van der Waals surface area contributed by atoms with Crippen molar-refractivity contribution in [1.29, 1.82) is 0 Å². The average Bonchev–Trinajstić information content (AvgIpc) is 3.89. The van der Waals surface area contributed by atoms with E-state index in [9.17, 15) is 0 Å². The summed E-state index contributed by atoms with van der Waals surface area (Å²) in [4.78, 5) is 12.5. The van der Waals surface area contributed by atoms with Crippen molar-refractivity contribution in [3.05, 3.63) is 178 Å². The molecule has 49 heavy (non-hydrogen) atoms. The van der Waals surface area contributed by atoms with Crippen molar-refractivity contribution < 1.29 is 24.5 Å². The van der Waals surface area contributed by atoms with E-state index in [0.29, 0.717) is 0 Å². The van der Waals surface area contributed by atoms with Crippen molar-refractivity contribution >= 4 is 39.0 Å². The number of nitrogens with zero attached hydrogens (tertiary/aromatic N) is 6. The van der Waals surface area contributed by atoms with E-state index in [-0.39, 0.29) is 20.1 Å². The Labute approximate surface area is 302 Å². The topological polar surface area (TPSA) is 32.6 Å². The number of para-hydroxylation sites is 3. The largest absolute Gasteiger partial charge is 3.00 e. The third kappa shape index (κ3) is 6.79. The molecular formula is C41H37IrN6O. The summed E-state index contributed by atoms with van der Waals surface area (Å²) < 4.78 is 6.01. The number of anilines is 3. The molecule has 8 rings (SSSR count). The van der Waals surface area contributed by atoms with Crippen molar-refractivity contribution in [3.8, 4) is 0 Å². The fourth-order valence-electron chi connectivity index (χ4n) is 5.96. The van der Waals surface area contributed by atoms with Crippen LogP contribution in [-0.2, 0) is 20.1 Å². The smallest absolute Gasteiger partial charge is 0.513 e. The van der Waals surface area contributed by atoms with Gasteiger partial charge >= 0.3 is 20.1 Å². The molecule has 7 nitrogen and oxygen atoms in total. The van der Waals surface area contributed by atoms with Gasteiger partial charge in [-0.25, -0.2) is 0 Å². The normalized spacial score (nSPS) is 15.2. The van der Waals surface area contributed by atoms with Gasteiger partial charge in [0.05, 0.1) is 0 Å². The van der Waals surface area contributed by atoms with Gasteiger partial charge in [0.1, 0.15) is 23.0 Å². The van der Waals surface area contributed by atoms with Crippen LogP contribution in [0, 0.1) is 18.2 Å². The van der Waals surface area contributed by atoms with Gasteiger partial charge in [0.2, 0.25) is 0 Å². The van der Waals surface area contributed by atoms with Crippen LogP contribution in [0.4, 0.5) is 17.1 Å². The molecule has 0 atom stereocenters. The molecule has 0 saturated heterocycles. The molecule has 0 amide bonds. The van der Waals surface area contributed by atoms with Crippen LogP contribution >= 0.6 is 0 Å². The van der Waals surface area contributed by atoms with Gasteiger partial charge in [-0.05, 0) is 24.6 Å². The second-order valence-electron chi connectivity index (χ2n) is 11.6. The Morgan fingerprint density at radius 3 is 1.69 bits per heavy atom. The number of hydrogen-bond acceptors (Lipinski definition) is 7. The number of unbranched alkanes of at least 4 members (excludes halogenated alkanes) is 1. The first-order valence-corrected chi connectivity index (χ1v) is 16.0. The van der Waals surface area contributed by atoms with Crippen molar-refractivity contribution in [3.63, 3.8) is 0 Å². The summed E-state index contributed by atoms with van der Waals surface area (Å²) in [6.45, 7) is 14.4. The van der Waals surface area contributed by atoms with Gasteiger partial charge in [0.15, 0.2) is 0 Å². The minimum Gasteiger partial charge on any atom is -0.513 e. The predicted molar refractivity (Wildman–Crippen MR) is 196 cm³/mol. The summed E-state index contributed by atoms with van der Waals surface area (Å²) in [6.07, 6.45) is 14.4. The van der Waals surface area contributed by atoms with Gasteiger partial charge in [-0.2, -0.15) is 66.7 Å². The molecule has 4 aromatic carbocycles. The molecule has 0 saturated carbocycles. The Morgan fingerprint density at radius 1 is 0.571 bits per heavy atom. The Hall–Kier alpha value is -5.43. The third-order valence-electron chi connectivity index (χ3n) is 8.65. The fourth-order valence-corrected chi connectivity index (χ4v) is 5.96. The van der Waals surface area contributed by atoms with E-state index >= 15 is 0 Å². The molecular weight excluding hydrogens is 785 g/mol. The Balaban J connectivity index is 0.000000175. The minimum atomic E-state index is 0. The predicted octanol–water partition coefficient (Wildman–Crippen LogP) is 8.97. The van der Waals surface area contributed by atoms with Crippen LogP contribution in [0.5, 0.6) is 0 Å². The maximum absolute atomic E-state index is 6.01. The van der Waals surface area contributed by atoms with Crippen molar-refractivity contribution in [1.82, 2.24) is 14.7 Å². The molecule has 0 spiro atoms. The Morgan fingerprint density at radius 2 is 1.14 bits per heavy atom. The van der Waals surface area contributed by atoms with Gasteiger partial charge < -0.3 is 33.8 Å². The average molecular weight is 822 g/mol. The molecule has 0 fully saturated rings. The molecule has 246 valence electrons. The van der Waals surface area contributed by atoms with E-state index in [2.05, 4.69) is 76.0 Å². The first-order valence-electron chi connectivity index (χ1n) is 16.0. The van der Waals surface area contributed by atoms with Crippen LogP contribution < -0.4 is 14.7 Å². The molecule has 0 aliphatic carbocycles. The first kappa shape index (κ1) is 33.5. The molecule has 0 bridgehead atoms. The summed E-state index contributed by atoms with van der Waals surface area (Å²) in [5.74, 6) is 2.83. The Bertz CT molecular complexity index is 1970.